The standard InChI is InChI=1S/C4H8N2O3/c1-2-6(4(5)8)9-3-7/h3H,2H2,1H3,(H2,5,8). The van der Waals surface area contributed by atoms with Crippen molar-refractivity contribution in [3.05, 3.63) is 0 Å². The molecule has 0 unspecified atom stereocenters. The molecule has 9 heavy (non-hydrogen) atoms. The molecule has 0 rings (SSSR count). The highest BCUT2D eigenvalue weighted by Gasteiger charge is 2.04. The van der Waals surface area contributed by atoms with Gasteiger partial charge >= 0.3 is 12.5 Å². The Morgan fingerprint density at radius 1 is 1.89 bits per heavy atom. The van der Waals surface area contributed by atoms with Crippen LogP contribution in [0.5, 0.6) is 0 Å². The molecule has 0 aliphatic carbocycles. The van der Waals surface area contributed by atoms with E-state index in [-0.39, 0.29) is 13.0 Å². The van der Waals surface area contributed by atoms with E-state index in [2.05, 4.69) is 4.84 Å². The summed E-state index contributed by atoms with van der Waals surface area (Å²) in [6.45, 7) is 2.04. The third-order valence-corrected chi connectivity index (χ3v) is 0.703. The van der Waals surface area contributed by atoms with Crippen molar-refractivity contribution < 1.29 is 14.4 Å². The van der Waals surface area contributed by atoms with Gasteiger partial charge in [-0.3, -0.25) is 4.79 Å². The number of primary amides is 1. The maximum atomic E-state index is 10.2. The predicted molar refractivity (Wildman–Crippen MR) is 29.1 cm³/mol. The van der Waals surface area contributed by atoms with E-state index in [9.17, 15) is 9.59 Å². The topological polar surface area (TPSA) is 72.6 Å². The SMILES string of the molecule is CCN(OC=O)C(N)=O. The molecule has 2 amide bonds. The van der Waals surface area contributed by atoms with Crippen LogP contribution in [0.2, 0.25) is 0 Å². The van der Waals surface area contributed by atoms with Crippen LogP contribution in [0.3, 0.4) is 0 Å². The Kier molecular flexibility index (Phi) is 3.19. The van der Waals surface area contributed by atoms with Crippen molar-refractivity contribution in [1.29, 1.82) is 0 Å². The second kappa shape index (κ2) is 3.71. The maximum Gasteiger partial charge on any atom is 0.347 e. The smallest absolute Gasteiger partial charge is 0.347 e. The molecule has 0 aliphatic heterocycles. The van der Waals surface area contributed by atoms with Crippen molar-refractivity contribution in [1.82, 2.24) is 5.06 Å². The fourth-order valence-corrected chi connectivity index (χ4v) is 0.334. The van der Waals surface area contributed by atoms with Crippen molar-refractivity contribution in [2.24, 2.45) is 5.73 Å². The van der Waals surface area contributed by atoms with Gasteiger partial charge in [-0.25, -0.2) is 4.79 Å². The van der Waals surface area contributed by atoms with Crippen LogP contribution in [0.15, 0.2) is 0 Å². The van der Waals surface area contributed by atoms with Crippen LogP contribution >= 0.6 is 0 Å². The Morgan fingerprint density at radius 2 is 2.44 bits per heavy atom. The number of hydroxylamine groups is 2. The van der Waals surface area contributed by atoms with E-state index >= 15 is 0 Å². The number of rotatable bonds is 3. The summed E-state index contributed by atoms with van der Waals surface area (Å²) in [5.74, 6) is 0. The number of urea groups is 1. The van der Waals surface area contributed by atoms with Crippen LogP contribution in [0, 0.1) is 0 Å². The van der Waals surface area contributed by atoms with Gasteiger partial charge in [-0.1, -0.05) is 0 Å². The van der Waals surface area contributed by atoms with Crippen LogP contribution in [0.1, 0.15) is 6.92 Å². The first-order chi connectivity index (χ1) is 4.22. The molecule has 5 nitrogen and oxygen atoms in total. The molecule has 52 valence electrons. The highest BCUT2D eigenvalue weighted by atomic mass is 16.7. The largest absolute Gasteiger partial charge is 0.349 e. The Bertz CT molecular complexity index is 114. The van der Waals surface area contributed by atoms with Crippen molar-refractivity contribution in [3.8, 4) is 0 Å². The van der Waals surface area contributed by atoms with Crippen LogP contribution in [0.4, 0.5) is 4.79 Å². The summed E-state index contributed by atoms with van der Waals surface area (Å²) in [4.78, 5) is 23.9. The number of hydrogen-bond acceptors (Lipinski definition) is 3. The Morgan fingerprint density at radius 3 is 2.56 bits per heavy atom. The van der Waals surface area contributed by atoms with Crippen molar-refractivity contribution in [3.63, 3.8) is 0 Å². The summed E-state index contributed by atoms with van der Waals surface area (Å²) in [6.07, 6.45) is 0. The van der Waals surface area contributed by atoms with Gasteiger partial charge in [0, 0.05) is 0 Å². The number of carbonyl (C=O) groups is 2. The normalized spacial score (nSPS) is 8.11. The average molecular weight is 132 g/mol. The van der Waals surface area contributed by atoms with E-state index in [1.54, 1.807) is 6.92 Å². The number of nitrogens with two attached hydrogens (primary N) is 1. The molecular weight excluding hydrogens is 124 g/mol. The van der Waals surface area contributed by atoms with Gasteiger partial charge in [0.15, 0.2) is 0 Å². The van der Waals surface area contributed by atoms with E-state index < -0.39 is 6.03 Å². The molecule has 0 aliphatic rings. The lowest BCUT2D eigenvalue weighted by Gasteiger charge is -2.12. The monoisotopic (exact) mass is 132 g/mol. The zero-order valence-corrected chi connectivity index (χ0v) is 5.03. The quantitative estimate of drug-likeness (QED) is 0.414. The van der Waals surface area contributed by atoms with Gasteiger partial charge in [-0.2, -0.15) is 5.06 Å². The van der Waals surface area contributed by atoms with Crippen LogP contribution < -0.4 is 5.73 Å². The third kappa shape index (κ3) is 2.53. The summed E-state index contributed by atoms with van der Waals surface area (Å²) in [6, 6.07) is -0.774. The Hall–Kier alpha value is -1.26. The molecule has 0 radical (unpaired) electrons. The number of hydrogen-bond donors (Lipinski definition) is 1. The van der Waals surface area contributed by atoms with Crippen LogP contribution in [-0.4, -0.2) is 24.1 Å². The minimum atomic E-state index is -0.774. The highest BCUT2D eigenvalue weighted by Crippen LogP contribution is 1.83. The fourth-order valence-electron chi connectivity index (χ4n) is 0.334. The molecule has 5 heteroatoms. The summed E-state index contributed by atoms with van der Waals surface area (Å²) >= 11 is 0. The summed E-state index contributed by atoms with van der Waals surface area (Å²) < 4.78 is 0. The molecule has 0 aromatic carbocycles. The van der Waals surface area contributed by atoms with E-state index in [4.69, 9.17) is 5.73 Å². The Labute approximate surface area is 52.3 Å². The maximum absolute atomic E-state index is 10.2. The fraction of sp³-hybridized carbons (Fsp3) is 0.500. The highest BCUT2D eigenvalue weighted by molar-refractivity contribution is 5.71. The molecule has 0 saturated heterocycles. The number of nitrogens with zero attached hydrogens (tertiary/aromatic N) is 1. The van der Waals surface area contributed by atoms with Crippen molar-refractivity contribution >= 4 is 12.5 Å². The first-order valence-corrected chi connectivity index (χ1v) is 2.39. The lowest BCUT2D eigenvalue weighted by molar-refractivity contribution is -0.158. The second-order valence-electron chi connectivity index (χ2n) is 1.23. The average Bonchev–Trinajstić information content (AvgIpc) is 1.82. The van der Waals surface area contributed by atoms with Gasteiger partial charge < -0.3 is 10.6 Å². The summed E-state index contributed by atoms with van der Waals surface area (Å²) in [5.41, 5.74) is 4.74. The minimum absolute atomic E-state index is 0.147. The first kappa shape index (κ1) is 7.74. The molecule has 0 bridgehead atoms. The lowest BCUT2D eigenvalue weighted by atomic mass is 10.7. The zero-order valence-electron chi connectivity index (χ0n) is 5.03. The van der Waals surface area contributed by atoms with Crippen LogP contribution in [-0.2, 0) is 9.63 Å². The molecule has 2 N–H and O–H groups in total. The minimum Gasteiger partial charge on any atom is -0.349 e. The van der Waals surface area contributed by atoms with Gasteiger partial charge in [-0.15, -0.1) is 0 Å². The summed E-state index contributed by atoms with van der Waals surface area (Å²) in [7, 11) is 0. The molecule has 0 aromatic heterocycles. The molecule has 0 fully saturated rings. The van der Waals surface area contributed by atoms with Crippen molar-refractivity contribution in [2.45, 2.75) is 6.92 Å². The molecule has 0 aromatic rings. The van der Waals surface area contributed by atoms with Gasteiger partial charge in [0.2, 0.25) is 0 Å². The van der Waals surface area contributed by atoms with Crippen molar-refractivity contribution in [2.75, 3.05) is 6.54 Å². The van der Waals surface area contributed by atoms with E-state index in [1.165, 1.54) is 0 Å². The molecule has 0 heterocycles. The zero-order chi connectivity index (χ0) is 7.28. The van der Waals surface area contributed by atoms with Crippen LogP contribution in [0.25, 0.3) is 0 Å². The second-order valence-corrected chi connectivity index (χ2v) is 1.23. The molecule has 0 spiro atoms. The van der Waals surface area contributed by atoms with Gasteiger partial charge in [0.25, 0.3) is 0 Å². The van der Waals surface area contributed by atoms with E-state index in [1.807, 2.05) is 0 Å². The number of carbonyl (C=O) groups excluding carboxylic acids is 2. The van der Waals surface area contributed by atoms with Gasteiger partial charge in [-0.05, 0) is 6.92 Å². The molecule has 0 saturated carbocycles. The lowest BCUT2D eigenvalue weighted by Crippen LogP contribution is -2.35. The Balaban J connectivity index is 3.67. The van der Waals surface area contributed by atoms with E-state index in [0.717, 1.165) is 5.06 Å². The first-order valence-electron chi connectivity index (χ1n) is 2.39. The number of amides is 2. The summed E-state index contributed by atoms with van der Waals surface area (Å²) in [5, 5.41) is 0.743. The van der Waals surface area contributed by atoms with Gasteiger partial charge in [0.1, 0.15) is 0 Å². The predicted octanol–water partition coefficient (Wildman–Crippen LogP) is -0.525. The molecule has 0 atom stereocenters. The van der Waals surface area contributed by atoms with Gasteiger partial charge in [0.05, 0.1) is 6.54 Å². The van der Waals surface area contributed by atoms with E-state index in [0.29, 0.717) is 0 Å². The molecular formula is C4H8N2O3. The third-order valence-electron chi connectivity index (χ3n) is 0.703.